The fraction of sp³-hybridized carbons (Fsp3) is 0.500. The molecule has 2 rings (SSSR count). The molecular formula is C10H12N4O5. The number of aliphatic carboxylic acids is 1. The van der Waals surface area contributed by atoms with Crippen molar-refractivity contribution in [3.63, 3.8) is 0 Å². The second kappa shape index (κ2) is 5.04. The van der Waals surface area contributed by atoms with Crippen LogP contribution < -0.4 is 9.64 Å². The molecule has 0 radical (unpaired) electrons. The Morgan fingerprint density at radius 3 is 2.84 bits per heavy atom. The smallest absolute Gasteiger partial charge is 0.372 e. The second-order valence-corrected chi connectivity index (χ2v) is 4.18. The summed E-state index contributed by atoms with van der Waals surface area (Å²) in [5.41, 5.74) is -0.293. The third-order valence-corrected chi connectivity index (χ3v) is 2.87. The summed E-state index contributed by atoms with van der Waals surface area (Å²) in [5, 5.41) is 19.7. The van der Waals surface area contributed by atoms with Gasteiger partial charge in [-0.05, 0) is 0 Å². The van der Waals surface area contributed by atoms with Crippen LogP contribution in [0.4, 0.5) is 11.5 Å². The minimum atomic E-state index is -0.876. The molecule has 0 saturated carbocycles. The number of aromatic nitrogens is 2. The summed E-state index contributed by atoms with van der Waals surface area (Å²) in [6.07, 6.45) is 1.23. The minimum absolute atomic E-state index is 0.0157. The Balaban J connectivity index is 2.18. The number of carboxylic acids is 1. The van der Waals surface area contributed by atoms with Crippen LogP contribution in [0.15, 0.2) is 6.33 Å². The van der Waals surface area contributed by atoms with Gasteiger partial charge >= 0.3 is 11.7 Å². The van der Waals surface area contributed by atoms with Crippen LogP contribution in [0.2, 0.25) is 0 Å². The first-order valence-electron chi connectivity index (χ1n) is 5.53. The number of hydrogen-bond donors (Lipinski definition) is 1. The van der Waals surface area contributed by atoms with E-state index in [1.807, 2.05) is 0 Å². The Kier molecular flexibility index (Phi) is 3.45. The summed E-state index contributed by atoms with van der Waals surface area (Å²) in [7, 11) is 1.29. The normalized spacial score (nSPS) is 14.9. The van der Waals surface area contributed by atoms with E-state index in [1.165, 1.54) is 13.4 Å². The first kappa shape index (κ1) is 13.0. The van der Waals surface area contributed by atoms with Crippen LogP contribution in [0.1, 0.15) is 6.42 Å². The molecule has 9 nitrogen and oxygen atoms in total. The molecule has 0 spiro atoms. The van der Waals surface area contributed by atoms with E-state index in [4.69, 9.17) is 9.84 Å². The Labute approximate surface area is 108 Å². The van der Waals surface area contributed by atoms with Gasteiger partial charge in [0.05, 0.1) is 18.5 Å². The molecule has 9 heteroatoms. The molecule has 1 fully saturated rings. The fourth-order valence-corrected chi connectivity index (χ4v) is 2.01. The van der Waals surface area contributed by atoms with Gasteiger partial charge in [0.25, 0.3) is 5.88 Å². The zero-order chi connectivity index (χ0) is 14.0. The predicted octanol–water partition coefficient (Wildman–Crippen LogP) is 0.304. The number of nitro groups is 1. The molecule has 0 unspecified atom stereocenters. The topological polar surface area (TPSA) is 119 Å². The highest BCUT2D eigenvalue weighted by atomic mass is 16.6. The molecule has 1 aliphatic rings. The fourth-order valence-electron chi connectivity index (χ4n) is 2.01. The largest absolute Gasteiger partial charge is 0.481 e. The van der Waals surface area contributed by atoms with Gasteiger partial charge in [-0.1, -0.05) is 0 Å². The molecule has 1 aromatic heterocycles. The SMILES string of the molecule is COc1ncnc(N2CC(CC(=O)O)C2)c1[N+](=O)[O-]. The van der Waals surface area contributed by atoms with Crippen molar-refractivity contribution in [3.05, 3.63) is 16.4 Å². The molecule has 1 aromatic rings. The van der Waals surface area contributed by atoms with E-state index in [-0.39, 0.29) is 29.7 Å². The molecule has 1 N–H and O–H groups in total. The number of methoxy groups -OCH3 is 1. The maximum Gasteiger partial charge on any atom is 0.372 e. The van der Waals surface area contributed by atoms with Crippen molar-refractivity contribution in [1.29, 1.82) is 0 Å². The summed E-state index contributed by atoms with van der Waals surface area (Å²) in [6, 6.07) is 0. The van der Waals surface area contributed by atoms with Crippen LogP contribution >= 0.6 is 0 Å². The van der Waals surface area contributed by atoms with Crippen LogP contribution in [-0.2, 0) is 4.79 Å². The third kappa shape index (κ3) is 2.54. The summed E-state index contributed by atoms with van der Waals surface area (Å²) in [5.74, 6) is -0.826. The quantitative estimate of drug-likeness (QED) is 0.598. The molecule has 0 bridgehead atoms. The summed E-state index contributed by atoms with van der Waals surface area (Å²) < 4.78 is 4.84. The Morgan fingerprint density at radius 1 is 1.63 bits per heavy atom. The van der Waals surface area contributed by atoms with Crippen molar-refractivity contribution in [1.82, 2.24) is 9.97 Å². The molecule has 102 valence electrons. The Morgan fingerprint density at radius 2 is 2.32 bits per heavy atom. The van der Waals surface area contributed by atoms with Crippen molar-refractivity contribution in [3.8, 4) is 5.88 Å². The zero-order valence-corrected chi connectivity index (χ0v) is 10.1. The molecule has 1 aliphatic heterocycles. The number of anilines is 1. The number of rotatable bonds is 5. The van der Waals surface area contributed by atoms with Crippen molar-refractivity contribution in [2.24, 2.45) is 5.92 Å². The highest BCUT2D eigenvalue weighted by Gasteiger charge is 2.36. The van der Waals surface area contributed by atoms with Crippen LogP contribution in [0, 0.1) is 16.0 Å². The highest BCUT2D eigenvalue weighted by molar-refractivity contribution is 5.69. The van der Waals surface area contributed by atoms with Crippen LogP contribution in [0.25, 0.3) is 0 Å². The maximum atomic E-state index is 11.0. The minimum Gasteiger partial charge on any atom is -0.481 e. The van der Waals surface area contributed by atoms with Gasteiger partial charge in [0.1, 0.15) is 6.33 Å². The summed E-state index contributed by atoms with van der Waals surface area (Å²) in [6.45, 7) is 0.848. The van der Waals surface area contributed by atoms with Crippen molar-refractivity contribution < 1.29 is 19.6 Å². The molecule has 0 aliphatic carbocycles. The number of carbonyl (C=O) groups is 1. The van der Waals surface area contributed by atoms with Gasteiger partial charge in [-0.25, -0.2) is 4.98 Å². The van der Waals surface area contributed by atoms with E-state index in [0.717, 1.165) is 0 Å². The summed E-state index contributed by atoms with van der Waals surface area (Å²) >= 11 is 0. The monoisotopic (exact) mass is 268 g/mol. The molecule has 19 heavy (non-hydrogen) atoms. The van der Waals surface area contributed by atoms with Crippen LogP contribution in [0.5, 0.6) is 5.88 Å². The lowest BCUT2D eigenvalue weighted by Crippen LogP contribution is -2.48. The number of nitrogens with zero attached hydrogens (tertiary/aromatic N) is 4. The zero-order valence-electron chi connectivity index (χ0n) is 10.1. The molecule has 0 amide bonds. The van der Waals surface area contributed by atoms with Crippen molar-refractivity contribution in [2.75, 3.05) is 25.1 Å². The van der Waals surface area contributed by atoms with Gasteiger partial charge in [0, 0.05) is 19.0 Å². The predicted molar refractivity (Wildman–Crippen MR) is 63.2 cm³/mol. The summed E-state index contributed by atoms with van der Waals surface area (Å²) in [4.78, 5) is 30.2. The second-order valence-electron chi connectivity index (χ2n) is 4.18. The van der Waals surface area contributed by atoms with Gasteiger partial charge in [0.2, 0.25) is 5.82 Å². The molecular weight excluding hydrogens is 256 g/mol. The van der Waals surface area contributed by atoms with E-state index in [2.05, 4.69) is 9.97 Å². The van der Waals surface area contributed by atoms with E-state index in [0.29, 0.717) is 13.1 Å². The average Bonchev–Trinajstić information content (AvgIpc) is 2.31. The number of ether oxygens (including phenoxy) is 1. The lowest BCUT2D eigenvalue weighted by molar-refractivity contribution is -0.385. The molecule has 0 aromatic carbocycles. The molecule has 2 heterocycles. The number of hydrogen-bond acceptors (Lipinski definition) is 7. The van der Waals surface area contributed by atoms with E-state index in [1.54, 1.807) is 4.90 Å². The lowest BCUT2D eigenvalue weighted by Gasteiger charge is -2.38. The van der Waals surface area contributed by atoms with Crippen LogP contribution in [-0.4, -0.2) is 46.2 Å². The van der Waals surface area contributed by atoms with Crippen molar-refractivity contribution >= 4 is 17.5 Å². The van der Waals surface area contributed by atoms with Crippen molar-refractivity contribution in [2.45, 2.75) is 6.42 Å². The van der Waals surface area contributed by atoms with Gasteiger partial charge in [0.15, 0.2) is 0 Å². The molecule has 1 saturated heterocycles. The maximum absolute atomic E-state index is 11.0. The van der Waals surface area contributed by atoms with E-state index >= 15 is 0 Å². The highest BCUT2D eigenvalue weighted by Crippen LogP contribution is 2.36. The van der Waals surface area contributed by atoms with E-state index < -0.39 is 10.9 Å². The third-order valence-electron chi connectivity index (χ3n) is 2.87. The average molecular weight is 268 g/mol. The van der Waals surface area contributed by atoms with Gasteiger partial charge in [-0.2, -0.15) is 4.98 Å². The molecule has 0 atom stereocenters. The Bertz CT molecular complexity index is 515. The van der Waals surface area contributed by atoms with Crippen LogP contribution in [0.3, 0.4) is 0 Å². The number of carboxylic acid groups (broad SMARTS) is 1. The van der Waals surface area contributed by atoms with Gasteiger partial charge in [-0.3, -0.25) is 14.9 Å². The van der Waals surface area contributed by atoms with Gasteiger partial charge in [-0.15, -0.1) is 0 Å². The standard InChI is InChI=1S/C10H12N4O5/c1-19-10-8(14(17)18)9(11-5-12-10)13-3-6(4-13)2-7(15)16/h5-6H,2-4H2,1H3,(H,15,16). The lowest BCUT2D eigenvalue weighted by atomic mass is 9.96. The Hall–Kier alpha value is -2.45. The first-order valence-corrected chi connectivity index (χ1v) is 5.53. The van der Waals surface area contributed by atoms with E-state index in [9.17, 15) is 14.9 Å². The first-order chi connectivity index (χ1) is 9.02. The van der Waals surface area contributed by atoms with Gasteiger partial charge < -0.3 is 14.7 Å².